The third kappa shape index (κ3) is 2.76. The van der Waals surface area contributed by atoms with Crippen LogP contribution in [-0.4, -0.2) is 42.2 Å². The molecule has 2 heterocycles. The molecular formula is C10H18N4O. The first-order chi connectivity index (χ1) is 7.25. The number of rotatable bonds is 3. The highest BCUT2D eigenvalue weighted by molar-refractivity contribution is 4.96. The van der Waals surface area contributed by atoms with Crippen molar-refractivity contribution in [1.29, 1.82) is 0 Å². The van der Waals surface area contributed by atoms with Crippen molar-refractivity contribution in [3.05, 3.63) is 11.7 Å². The maximum absolute atomic E-state index is 5.28. The van der Waals surface area contributed by atoms with Crippen molar-refractivity contribution >= 4 is 0 Å². The summed E-state index contributed by atoms with van der Waals surface area (Å²) in [5.41, 5.74) is 0. The van der Waals surface area contributed by atoms with E-state index in [4.69, 9.17) is 4.52 Å². The van der Waals surface area contributed by atoms with Crippen LogP contribution in [0.1, 0.15) is 30.5 Å². The van der Waals surface area contributed by atoms with E-state index in [-0.39, 0.29) is 0 Å². The fourth-order valence-corrected chi connectivity index (χ4v) is 1.84. The van der Waals surface area contributed by atoms with Gasteiger partial charge in [0.25, 0.3) is 0 Å². The van der Waals surface area contributed by atoms with Gasteiger partial charge in [-0.15, -0.1) is 0 Å². The molecule has 0 aliphatic carbocycles. The quantitative estimate of drug-likeness (QED) is 0.791. The van der Waals surface area contributed by atoms with Gasteiger partial charge in [0.05, 0.1) is 12.5 Å². The molecule has 0 spiro atoms. The van der Waals surface area contributed by atoms with Crippen LogP contribution in [0.5, 0.6) is 0 Å². The van der Waals surface area contributed by atoms with Crippen LogP contribution in [0.2, 0.25) is 0 Å². The first kappa shape index (κ1) is 10.6. The number of piperidine rings is 1. The molecule has 1 aliphatic heterocycles. The molecular weight excluding hydrogens is 192 g/mol. The summed E-state index contributed by atoms with van der Waals surface area (Å²) in [5, 5.41) is 7.32. The maximum Gasteiger partial charge on any atom is 0.231 e. The Balaban J connectivity index is 1.99. The summed E-state index contributed by atoms with van der Waals surface area (Å²) >= 11 is 0. The van der Waals surface area contributed by atoms with E-state index in [0.29, 0.717) is 5.92 Å². The summed E-state index contributed by atoms with van der Waals surface area (Å²) in [7, 11) is 4.00. The lowest BCUT2D eigenvalue weighted by Gasteiger charge is -2.18. The summed E-state index contributed by atoms with van der Waals surface area (Å²) in [6.45, 7) is 2.81. The first-order valence-electron chi connectivity index (χ1n) is 5.43. The predicted molar refractivity (Wildman–Crippen MR) is 56.5 cm³/mol. The molecule has 0 aromatic carbocycles. The summed E-state index contributed by atoms with van der Waals surface area (Å²) in [6, 6.07) is 0. The molecule has 84 valence electrons. The predicted octanol–water partition coefficient (Wildman–Crippen LogP) is 0.598. The second-order valence-corrected chi connectivity index (χ2v) is 4.33. The number of aromatic nitrogens is 2. The lowest BCUT2D eigenvalue weighted by atomic mass is 10.00. The minimum atomic E-state index is 0.405. The number of nitrogens with one attached hydrogen (secondary N) is 1. The molecule has 1 aromatic heterocycles. The number of hydrogen-bond donors (Lipinski definition) is 1. The van der Waals surface area contributed by atoms with Crippen LogP contribution in [0.4, 0.5) is 0 Å². The standard InChI is InChI=1S/C10H18N4O/c1-14(2)7-9-12-10(15-13-9)8-4-3-5-11-6-8/h8,11H,3-7H2,1-2H3. The highest BCUT2D eigenvalue weighted by atomic mass is 16.5. The molecule has 1 N–H and O–H groups in total. The molecule has 5 heteroatoms. The normalized spacial score (nSPS) is 22.2. The minimum Gasteiger partial charge on any atom is -0.339 e. The number of hydrogen-bond acceptors (Lipinski definition) is 5. The fraction of sp³-hybridized carbons (Fsp3) is 0.800. The van der Waals surface area contributed by atoms with Crippen LogP contribution >= 0.6 is 0 Å². The third-order valence-corrected chi connectivity index (χ3v) is 2.59. The zero-order valence-electron chi connectivity index (χ0n) is 9.36. The average Bonchev–Trinajstić information content (AvgIpc) is 2.67. The van der Waals surface area contributed by atoms with Gasteiger partial charge < -0.3 is 14.7 Å². The molecule has 1 fully saturated rings. The second kappa shape index (κ2) is 4.72. The van der Waals surface area contributed by atoms with Crippen molar-refractivity contribution < 1.29 is 4.52 Å². The van der Waals surface area contributed by atoms with Crippen molar-refractivity contribution in [1.82, 2.24) is 20.4 Å². The largest absolute Gasteiger partial charge is 0.339 e. The summed E-state index contributed by atoms with van der Waals surface area (Å²) < 4.78 is 5.28. The van der Waals surface area contributed by atoms with E-state index in [2.05, 4.69) is 15.5 Å². The van der Waals surface area contributed by atoms with E-state index >= 15 is 0 Å². The Morgan fingerprint density at radius 1 is 1.53 bits per heavy atom. The lowest BCUT2D eigenvalue weighted by Crippen LogP contribution is -2.28. The van der Waals surface area contributed by atoms with Crippen molar-refractivity contribution in [3.63, 3.8) is 0 Å². The van der Waals surface area contributed by atoms with Gasteiger partial charge in [-0.05, 0) is 33.5 Å². The van der Waals surface area contributed by atoms with Crippen LogP contribution in [-0.2, 0) is 6.54 Å². The molecule has 1 aromatic rings. The molecule has 5 nitrogen and oxygen atoms in total. The molecule has 0 bridgehead atoms. The summed E-state index contributed by atoms with van der Waals surface area (Å²) in [5.74, 6) is 1.97. The van der Waals surface area contributed by atoms with Gasteiger partial charge in [0.2, 0.25) is 5.89 Å². The van der Waals surface area contributed by atoms with E-state index in [9.17, 15) is 0 Å². The minimum absolute atomic E-state index is 0.405. The lowest BCUT2D eigenvalue weighted by molar-refractivity contribution is 0.314. The molecule has 1 saturated heterocycles. The van der Waals surface area contributed by atoms with E-state index in [1.165, 1.54) is 6.42 Å². The zero-order chi connectivity index (χ0) is 10.7. The van der Waals surface area contributed by atoms with Crippen molar-refractivity contribution in [3.8, 4) is 0 Å². The second-order valence-electron chi connectivity index (χ2n) is 4.33. The Hall–Kier alpha value is -0.940. The molecule has 15 heavy (non-hydrogen) atoms. The van der Waals surface area contributed by atoms with Gasteiger partial charge in [-0.1, -0.05) is 5.16 Å². The Labute approximate surface area is 89.8 Å². The van der Waals surface area contributed by atoms with Gasteiger partial charge in [-0.2, -0.15) is 4.98 Å². The van der Waals surface area contributed by atoms with Gasteiger partial charge in [0.15, 0.2) is 5.82 Å². The molecule has 1 aliphatic rings. The fourth-order valence-electron chi connectivity index (χ4n) is 1.84. The summed E-state index contributed by atoms with van der Waals surface area (Å²) in [6.07, 6.45) is 2.34. The van der Waals surface area contributed by atoms with Crippen LogP contribution in [0.25, 0.3) is 0 Å². The molecule has 2 rings (SSSR count). The highest BCUT2D eigenvalue weighted by Crippen LogP contribution is 2.21. The average molecular weight is 210 g/mol. The topological polar surface area (TPSA) is 54.2 Å². The molecule has 1 atom stereocenters. The van der Waals surface area contributed by atoms with Crippen molar-refractivity contribution in [2.24, 2.45) is 0 Å². The van der Waals surface area contributed by atoms with E-state index in [1.54, 1.807) is 0 Å². The molecule has 1 unspecified atom stereocenters. The van der Waals surface area contributed by atoms with Gasteiger partial charge >= 0.3 is 0 Å². The van der Waals surface area contributed by atoms with Crippen LogP contribution in [0.15, 0.2) is 4.52 Å². The SMILES string of the molecule is CN(C)Cc1noc(C2CCCNC2)n1. The monoisotopic (exact) mass is 210 g/mol. The smallest absolute Gasteiger partial charge is 0.231 e. The van der Waals surface area contributed by atoms with Crippen LogP contribution < -0.4 is 5.32 Å². The van der Waals surface area contributed by atoms with E-state index < -0.39 is 0 Å². The van der Waals surface area contributed by atoms with Crippen LogP contribution in [0.3, 0.4) is 0 Å². The third-order valence-electron chi connectivity index (χ3n) is 2.59. The van der Waals surface area contributed by atoms with Gasteiger partial charge in [-0.25, -0.2) is 0 Å². The van der Waals surface area contributed by atoms with Crippen molar-refractivity contribution in [2.75, 3.05) is 27.2 Å². The van der Waals surface area contributed by atoms with Crippen LogP contribution in [0, 0.1) is 0 Å². The zero-order valence-corrected chi connectivity index (χ0v) is 9.36. The summed E-state index contributed by atoms with van der Waals surface area (Å²) in [4.78, 5) is 6.45. The Morgan fingerprint density at radius 2 is 2.40 bits per heavy atom. The highest BCUT2D eigenvalue weighted by Gasteiger charge is 2.21. The molecule has 0 radical (unpaired) electrons. The van der Waals surface area contributed by atoms with Gasteiger partial charge in [0.1, 0.15) is 0 Å². The van der Waals surface area contributed by atoms with Crippen molar-refractivity contribution in [2.45, 2.75) is 25.3 Å². The Kier molecular flexibility index (Phi) is 3.33. The maximum atomic E-state index is 5.28. The molecule has 0 saturated carbocycles. The Bertz CT molecular complexity index is 304. The Morgan fingerprint density at radius 3 is 3.07 bits per heavy atom. The van der Waals surface area contributed by atoms with E-state index in [0.717, 1.165) is 37.8 Å². The van der Waals surface area contributed by atoms with Gasteiger partial charge in [0, 0.05) is 6.54 Å². The first-order valence-corrected chi connectivity index (χ1v) is 5.43. The number of nitrogens with zero attached hydrogens (tertiary/aromatic N) is 3. The molecule has 0 amide bonds. The van der Waals surface area contributed by atoms with Gasteiger partial charge in [-0.3, -0.25) is 0 Å². The van der Waals surface area contributed by atoms with E-state index in [1.807, 2.05) is 19.0 Å².